The Morgan fingerprint density at radius 1 is 1.13 bits per heavy atom. The fourth-order valence-corrected chi connectivity index (χ4v) is 5.96. The van der Waals surface area contributed by atoms with Gasteiger partial charge in [-0.15, -0.1) is 0 Å². The van der Waals surface area contributed by atoms with Crippen LogP contribution in [0.4, 0.5) is 0 Å². The molecule has 1 saturated heterocycles. The van der Waals surface area contributed by atoms with Gasteiger partial charge in [0.25, 0.3) is 5.91 Å². The second kappa shape index (κ2) is 7.01. The maximum Gasteiger partial charge on any atom is 0.253 e. The van der Waals surface area contributed by atoms with E-state index in [1.807, 2.05) is 17.0 Å². The Kier molecular flexibility index (Phi) is 4.54. The topological polar surface area (TPSA) is 62.6 Å². The molecule has 1 aromatic heterocycles. The molecule has 1 aliphatic carbocycles. The van der Waals surface area contributed by atoms with Crippen LogP contribution in [0.25, 0.3) is 10.9 Å². The second-order valence-electron chi connectivity index (χ2n) is 8.78. The average molecular weight is 426 g/mol. The number of amides is 1. The number of aromatic nitrogens is 1. The van der Waals surface area contributed by atoms with Crippen molar-refractivity contribution in [2.75, 3.05) is 25.9 Å². The number of carbonyl (C=O) groups excluding carboxylic acids is 1. The van der Waals surface area contributed by atoms with Crippen molar-refractivity contribution in [3.8, 4) is 0 Å². The summed E-state index contributed by atoms with van der Waals surface area (Å²) in [5.74, 6) is 0.704. The van der Waals surface area contributed by atoms with E-state index in [1.165, 1.54) is 15.9 Å². The van der Waals surface area contributed by atoms with E-state index in [2.05, 4.69) is 24.0 Å². The molecular weight excluding hydrogens is 398 g/mol. The highest BCUT2D eigenvalue weighted by Gasteiger charge is 2.29. The SMILES string of the molecule is CC1CCN(C(=O)c2ccc3c(c2)c2c(n3S(C)(=O)=O)CCN(C3=CC=C3)C2)CC1. The molecule has 0 N–H and O–H groups in total. The average Bonchev–Trinajstić information content (AvgIpc) is 3.00. The van der Waals surface area contributed by atoms with Crippen molar-refractivity contribution in [2.45, 2.75) is 32.7 Å². The standard InChI is InChI=1S/C23H27N3O3S/c1-16-8-11-24(12-9-16)23(27)17-6-7-21-19(14-17)20-15-25(18-4-3-5-18)13-10-22(20)26(21)30(2,28)29/h3-7,14,16H,8-13,15H2,1-2H3. The first-order valence-electron chi connectivity index (χ1n) is 10.6. The highest BCUT2D eigenvalue weighted by atomic mass is 32.2. The number of rotatable bonds is 3. The van der Waals surface area contributed by atoms with Gasteiger partial charge in [-0.25, -0.2) is 12.4 Å². The van der Waals surface area contributed by atoms with Crippen LogP contribution >= 0.6 is 0 Å². The molecule has 2 aliphatic heterocycles. The normalized spacial score (nSPS) is 19.6. The molecule has 1 amide bonds. The first kappa shape index (κ1) is 19.4. The third-order valence-corrected chi connectivity index (χ3v) is 7.73. The third-order valence-electron chi connectivity index (χ3n) is 6.65. The van der Waals surface area contributed by atoms with Crippen LogP contribution in [0.5, 0.6) is 0 Å². The van der Waals surface area contributed by atoms with E-state index in [-0.39, 0.29) is 5.91 Å². The monoisotopic (exact) mass is 425 g/mol. The van der Waals surface area contributed by atoms with Crippen molar-refractivity contribution in [1.82, 2.24) is 13.8 Å². The number of nitrogens with zero attached hydrogens (tertiary/aromatic N) is 3. The van der Waals surface area contributed by atoms with Crippen LogP contribution in [0.2, 0.25) is 0 Å². The van der Waals surface area contributed by atoms with Gasteiger partial charge in [0.2, 0.25) is 10.0 Å². The van der Waals surface area contributed by atoms with Crippen molar-refractivity contribution in [2.24, 2.45) is 5.92 Å². The van der Waals surface area contributed by atoms with Gasteiger partial charge in [-0.1, -0.05) is 13.0 Å². The lowest BCUT2D eigenvalue weighted by atomic mass is 9.98. The molecule has 6 nitrogen and oxygen atoms in total. The van der Waals surface area contributed by atoms with E-state index in [9.17, 15) is 13.2 Å². The second-order valence-corrected chi connectivity index (χ2v) is 10.6. The van der Waals surface area contributed by atoms with Crippen LogP contribution in [0.3, 0.4) is 0 Å². The molecule has 3 aliphatic rings. The van der Waals surface area contributed by atoms with Gasteiger partial charge >= 0.3 is 0 Å². The number of hydrogen-bond donors (Lipinski definition) is 0. The molecule has 3 heterocycles. The lowest BCUT2D eigenvalue weighted by Gasteiger charge is -2.32. The quantitative estimate of drug-likeness (QED) is 0.758. The zero-order chi connectivity index (χ0) is 21.0. The number of likely N-dealkylation sites (tertiary alicyclic amines) is 1. The summed E-state index contributed by atoms with van der Waals surface area (Å²) in [4.78, 5) is 17.3. The predicted molar refractivity (Wildman–Crippen MR) is 118 cm³/mol. The molecule has 0 bridgehead atoms. The molecule has 158 valence electrons. The highest BCUT2D eigenvalue weighted by molar-refractivity contribution is 7.89. The molecule has 0 spiro atoms. The van der Waals surface area contributed by atoms with Crippen molar-refractivity contribution in [1.29, 1.82) is 0 Å². The summed E-state index contributed by atoms with van der Waals surface area (Å²) in [5.41, 5.74) is 4.36. The fraction of sp³-hybridized carbons (Fsp3) is 0.435. The minimum atomic E-state index is -3.44. The predicted octanol–water partition coefficient (Wildman–Crippen LogP) is 3.13. The Labute approximate surface area is 177 Å². The molecule has 0 atom stereocenters. The van der Waals surface area contributed by atoms with Crippen LogP contribution in [0, 0.1) is 5.92 Å². The summed E-state index contributed by atoms with van der Waals surface area (Å²) < 4.78 is 26.7. The smallest absolute Gasteiger partial charge is 0.253 e. The van der Waals surface area contributed by atoms with Crippen LogP contribution in [-0.2, 0) is 23.0 Å². The molecule has 5 rings (SSSR count). The van der Waals surface area contributed by atoms with Crippen LogP contribution in [0.1, 0.15) is 41.4 Å². The number of benzene rings is 1. The maximum atomic E-state index is 13.1. The van der Waals surface area contributed by atoms with Crippen molar-refractivity contribution in [3.05, 3.63) is 58.9 Å². The Balaban J connectivity index is 1.58. The van der Waals surface area contributed by atoms with Gasteiger partial charge in [-0.05, 0) is 49.1 Å². The lowest BCUT2D eigenvalue weighted by molar-refractivity contribution is 0.0697. The van der Waals surface area contributed by atoms with Gasteiger partial charge < -0.3 is 9.80 Å². The van der Waals surface area contributed by atoms with Gasteiger partial charge in [0.15, 0.2) is 0 Å². The molecule has 0 saturated carbocycles. The minimum Gasteiger partial charge on any atom is -0.367 e. The lowest BCUT2D eigenvalue weighted by Crippen LogP contribution is -2.37. The summed E-state index contributed by atoms with van der Waals surface area (Å²) in [6, 6.07) is 5.50. The van der Waals surface area contributed by atoms with Gasteiger partial charge in [-0.2, -0.15) is 0 Å². The van der Waals surface area contributed by atoms with E-state index in [0.29, 0.717) is 30.0 Å². The first-order chi connectivity index (χ1) is 14.3. The minimum absolute atomic E-state index is 0.0435. The Hall–Kier alpha value is -2.54. The molecule has 2 aromatic rings. The van der Waals surface area contributed by atoms with Crippen LogP contribution < -0.4 is 0 Å². The van der Waals surface area contributed by atoms with Gasteiger partial charge in [0, 0.05) is 60.5 Å². The van der Waals surface area contributed by atoms with Crippen molar-refractivity contribution < 1.29 is 13.2 Å². The van der Waals surface area contributed by atoms with Gasteiger partial charge in [0.05, 0.1) is 11.8 Å². The molecule has 0 unspecified atom stereocenters. The van der Waals surface area contributed by atoms with E-state index < -0.39 is 10.0 Å². The number of piperidine rings is 1. The summed E-state index contributed by atoms with van der Waals surface area (Å²) in [6.45, 7) is 5.24. The van der Waals surface area contributed by atoms with E-state index in [1.54, 1.807) is 12.1 Å². The summed E-state index contributed by atoms with van der Waals surface area (Å²) in [5, 5.41) is 0.875. The van der Waals surface area contributed by atoms with Crippen molar-refractivity contribution in [3.63, 3.8) is 0 Å². The van der Waals surface area contributed by atoms with Crippen molar-refractivity contribution >= 4 is 26.8 Å². The van der Waals surface area contributed by atoms with Gasteiger partial charge in [-0.3, -0.25) is 4.79 Å². The van der Waals surface area contributed by atoms with E-state index in [4.69, 9.17) is 0 Å². The molecule has 7 heteroatoms. The molecular formula is C23H27N3O3S. The first-order valence-corrected chi connectivity index (χ1v) is 12.5. The Bertz CT molecular complexity index is 1200. The zero-order valence-electron chi connectivity index (χ0n) is 17.5. The number of carbonyl (C=O) groups is 1. The summed E-state index contributed by atoms with van der Waals surface area (Å²) >= 11 is 0. The fourth-order valence-electron chi connectivity index (χ4n) is 4.84. The Morgan fingerprint density at radius 2 is 1.87 bits per heavy atom. The van der Waals surface area contributed by atoms with Gasteiger partial charge in [0.1, 0.15) is 0 Å². The maximum absolute atomic E-state index is 13.1. The van der Waals surface area contributed by atoms with E-state index in [0.717, 1.165) is 49.1 Å². The summed E-state index contributed by atoms with van der Waals surface area (Å²) in [6.07, 6.45) is 10.2. The Morgan fingerprint density at radius 3 is 2.50 bits per heavy atom. The number of allylic oxidation sites excluding steroid dienone is 3. The van der Waals surface area contributed by atoms with Crippen LogP contribution in [-0.4, -0.2) is 54.0 Å². The molecule has 0 radical (unpaired) electrons. The molecule has 30 heavy (non-hydrogen) atoms. The third kappa shape index (κ3) is 3.16. The number of fused-ring (bicyclic) bond motifs is 3. The molecule has 1 aromatic carbocycles. The highest BCUT2D eigenvalue weighted by Crippen LogP contribution is 2.35. The summed E-state index contributed by atoms with van der Waals surface area (Å²) in [7, 11) is -3.44. The molecule has 1 fully saturated rings. The number of hydrogen-bond acceptors (Lipinski definition) is 4. The van der Waals surface area contributed by atoms with Crippen LogP contribution in [0.15, 0.2) is 42.1 Å². The zero-order valence-corrected chi connectivity index (χ0v) is 18.3. The van der Waals surface area contributed by atoms with E-state index >= 15 is 0 Å². The largest absolute Gasteiger partial charge is 0.367 e.